The molecule has 0 aliphatic carbocycles. The number of halogens is 2. The van der Waals surface area contributed by atoms with Crippen LogP contribution in [0.2, 0.25) is 0 Å². The summed E-state index contributed by atoms with van der Waals surface area (Å²) in [6, 6.07) is 7.88. The number of aromatic nitrogens is 2. The lowest BCUT2D eigenvalue weighted by Crippen LogP contribution is -2.49. The van der Waals surface area contributed by atoms with Crippen LogP contribution in [0.1, 0.15) is 58.3 Å². The molecule has 2 heterocycles. The van der Waals surface area contributed by atoms with Gasteiger partial charge in [0.15, 0.2) is 0 Å². The summed E-state index contributed by atoms with van der Waals surface area (Å²) in [7, 11) is 0. The molecular weight excluding hydrogens is 437 g/mol. The van der Waals surface area contributed by atoms with Gasteiger partial charge in [0.2, 0.25) is 11.8 Å². The molecule has 1 aromatic carbocycles. The SMILES string of the molecule is CC(C)[C@H](N)C(=O)NCC(=O)N1CCCC(c2nc3ccccc3n2C(C)C)C1.Cl.Cl. The molecular formula is C22H35Cl2N5O2. The molecule has 0 spiro atoms. The smallest absolute Gasteiger partial charge is 0.241 e. The Morgan fingerprint density at radius 1 is 1.19 bits per heavy atom. The molecule has 1 aliphatic rings. The number of imidazole rings is 1. The minimum absolute atomic E-state index is 0. The molecule has 2 amide bonds. The summed E-state index contributed by atoms with van der Waals surface area (Å²) in [5, 5.41) is 2.69. The van der Waals surface area contributed by atoms with Crippen molar-refractivity contribution in [3.63, 3.8) is 0 Å². The van der Waals surface area contributed by atoms with Gasteiger partial charge in [0.05, 0.1) is 23.6 Å². The number of carbonyl (C=O) groups is 2. The van der Waals surface area contributed by atoms with Gasteiger partial charge in [0.1, 0.15) is 5.82 Å². The summed E-state index contributed by atoms with van der Waals surface area (Å²) in [6.07, 6.45) is 1.93. The van der Waals surface area contributed by atoms with Gasteiger partial charge in [-0.3, -0.25) is 9.59 Å². The molecule has 9 heteroatoms. The minimum Gasteiger partial charge on any atom is -0.346 e. The fourth-order valence-corrected chi connectivity index (χ4v) is 4.00. The quantitative estimate of drug-likeness (QED) is 0.675. The summed E-state index contributed by atoms with van der Waals surface area (Å²) in [6.45, 7) is 9.44. The van der Waals surface area contributed by atoms with Crippen LogP contribution in [-0.4, -0.2) is 51.9 Å². The summed E-state index contributed by atoms with van der Waals surface area (Å²) in [4.78, 5) is 31.5. The van der Waals surface area contributed by atoms with E-state index in [9.17, 15) is 9.59 Å². The zero-order valence-corrected chi connectivity index (χ0v) is 20.3. The Kier molecular flexibility index (Phi) is 10.3. The van der Waals surface area contributed by atoms with Crippen LogP contribution in [0.15, 0.2) is 24.3 Å². The van der Waals surface area contributed by atoms with Crippen molar-refractivity contribution in [2.45, 2.75) is 58.5 Å². The van der Waals surface area contributed by atoms with E-state index in [-0.39, 0.29) is 55.0 Å². The normalized spacial score (nSPS) is 17.3. The van der Waals surface area contributed by atoms with Gasteiger partial charge in [0, 0.05) is 25.0 Å². The second kappa shape index (κ2) is 11.7. The summed E-state index contributed by atoms with van der Waals surface area (Å²) in [5.74, 6) is 0.934. The van der Waals surface area contributed by atoms with Crippen molar-refractivity contribution in [3.8, 4) is 0 Å². The Bertz CT molecular complexity index is 884. The Morgan fingerprint density at radius 3 is 2.52 bits per heavy atom. The average molecular weight is 472 g/mol. The van der Waals surface area contributed by atoms with E-state index in [1.807, 2.05) is 36.9 Å². The molecule has 0 radical (unpaired) electrons. The zero-order valence-electron chi connectivity index (χ0n) is 18.7. The lowest BCUT2D eigenvalue weighted by Gasteiger charge is -2.33. The maximum Gasteiger partial charge on any atom is 0.241 e. The van der Waals surface area contributed by atoms with Crippen LogP contribution in [0.5, 0.6) is 0 Å². The van der Waals surface area contributed by atoms with Crippen LogP contribution in [0.3, 0.4) is 0 Å². The first-order chi connectivity index (χ1) is 13.8. The average Bonchev–Trinajstić information content (AvgIpc) is 3.11. The molecule has 0 bridgehead atoms. The first-order valence-electron chi connectivity index (χ1n) is 10.6. The van der Waals surface area contributed by atoms with Gasteiger partial charge in [0.25, 0.3) is 0 Å². The molecule has 3 N–H and O–H groups in total. The highest BCUT2D eigenvalue weighted by molar-refractivity contribution is 5.87. The standard InChI is InChI=1S/C22H33N5O2.2ClH/c1-14(2)20(23)22(29)24-12-19(28)26-11-7-8-16(13-26)21-25-17-9-5-6-10-18(17)27(21)15(3)4;;/h5-6,9-10,14-16,20H,7-8,11-13,23H2,1-4H3,(H,24,29);2*1H/t16?,20-;;/m0../s1. The van der Waals surface area contributed by atoms with Gasteiger partial charge in [-0.15, -0.1) is 24.8 Å². The molecule has 31 heavy (non-hydrogen) atoms. The molecule has 1 aromatic heterocycles. The van der Waals surface area contributed by atoms with Crippen LogP contribution in [0, 0.1) is 5.92 Å². The predicted molar refractivity (Wildman–Crippen MR) is 129 cm³/mol. The van der Waals surface area contributed by atoms with Crippen LogP contribution < -0.4 is 11.1 Å². The summed E-state index contributed by atoms with van der Waals surface area (Å²) >= 11 is 0. The number of hydrogen-bond donors (Lipinski definition) is 2. The van der Waals surface area contributed by atoms with Crippen LogP contribution in [0.4, 0.5) is 0 Å². The van der Waals surface area contributed by atoms with E-state index in [2.05, 4.69) is 29.8 Å². The Morgan fingerprint density at radius 2 is 1.87 bits per heavy atom. The van der Waals surface area contributed by atoms with Crippen molar-refractivity contribution < 1.29 is 9.59 Å². The number of hydrogen-bond acceptors (Lipinski definition) is 4. The third-order valence-electron chi connectivity index (χ3n) is 5.71. The molecule has 174 valence electrons. The van der Waals surface area contributed by atoms with Gasteiger partial charge < -0.3 is 20.5 Å². The lowest BCUT2D eigenvalue weighted by molar-refractivity contribution is -0.134. The molecule has 3 rings (SSSR count). The van der Waals surface area contributed by atoms with E-state index >= 15 is 0 Å². The highest BCUT2D eigenvalue weighted by Gasteiger charge is 2.29. The summed E-state index contributed by atoms with van der Waals surface area (Å²) < 4.78 is 2.29. The van der Waals surface area contributed by atoms with Gasteiger partial charge in [-0.25, -0.2) is 4.98 Å². The Labute approximate surface area is 196 Å². The number of rotatable bonds is 6. The Hall–Kier alpha value is -1.83. The van der Waals surface area contributed by atoms with Crippen molar-refractivity contribution in [2.24, 2.45) is 11.7 Å². The van der Waals surface area contributed by atoms with Crippen LogP contribution in [0.25, 0.3) is 11.0 Å². The van der Waals surface area contributed by atoms with E-state index < -0.39 is 6.04 Å². The van der Waals surface area contributed by atoms with E-state index in [0.29, 0.717) is 19.1 Å². The molecule has 2 aromatic rings. The number of fused-ring (bicyclic) bond motifs is 1. The molecule has 2 atom stereocenters. The maximum atomic E-state index is 12.7. The van der Waals surface area contributed by atoms with Gasteiger partial charge >= 0.3 is 0 Å². The number of benzene rings is 1. The highest BCUT2D eigenvalue weighted by atomic mass is 35.5. The molecule has 1 unspecified atom stereocenters. The highest BCUT2D eigenvalue weighted by Crippen LogP contribution is 2.31. The largest absolute Gasteiger partial charge is 0.346 e. The van der Waals surface area contributed by atoms with Gasteiger partial charge in [-0.1, -0.05) is 26.0 Å². The zero-order chi connectivity index (χ0) is 21.1. The number of nitrogens with two attached hydrogens (primary N) is 1. The second-order valence-electron chi connectivity index (χ2n) is 8.59. The topological polar surface area (TPSA) is 93.2 Å². The maximum absolute atomic E-state index is 12.7. The van der Waals surface area contributed by atoms with Crippen molar-refractivity contribution in [1.82, 2.24) is 19.8 Å². The Balaban J connectivity index is 0.00000240. The first-order valence-corrected chi connectivity index (χ1v) is 10.6. The van der Waals surface area contributed by atoms with Crippen molar-refractivity contribution in [1.29, 1.82) is 0 Å². The third-order valence-corrected chi connectivity index (χ3v) is 5.71. The van der Waals surface area contributed by atoms with Crippen molar-refractivity contribution >= 4 is 47.7 Å². The summed E-state index contributed by atoms with van der Waals surface area (Å²) in [5.41, 5.74) is 7.99. The van der Waals surface area contributed by atoms with Gasteiger partial charge in [-0.05, 0) is 44.7 Å². The van der Waals surface area contributed by atoms with Crippen LogP contribution >= 0.6 is 24.8 Å². The minimum atomic E-state index is -0.595. The molecule has 0 saturated carbocycles. The number of para-hydroxylation sites is 2. The van der Waals surface area contributed by atoms with E-state index in [4.69, 9.17) is 10.7 Å². The van der Waals surface area contributed by atoms with E-state index in [0.717, 1.165) is 29.7 Å². The fourth-order valence-electron chi connectivity index (χ4n) is 4.00. The van der Waals surface area contributed by atoms with Crippen molar-refractivity contribution in [2.75, 3.05) is 19.6 Å². The number of nitrogens with zero attached hydrogens (tertiary/aromatic N) is 3. The van der Waals surface area contributed by atoms with E-state index in [1.165, 1.54) is 0 Å². The monoisotopic (exact) mass is 471 g/mol. The first kappa shape index (κ1) is 27.2. The third kappa shape index (κ3) is 6.11. The molecule has 1 saturated heterocycles. The number of amides is 2. The molecule has 1 aliphatic heterocycles. The van der Waals surface area contributed by atoms with Crippen molar-refractivity contribution in [3.05, 3.63) is 30.1 Å². The fraction of sp³-hybridized carbons (Fsp3) is 0.591. The van der Waals surface area contributed by atoms with Gasteiger partial charge in [-0.2, -0.15) is 0 Å². The number of piperidine rings is 1. The number of carbonyl (C=O) groups excluding carboxylic acids is 2. The lowest BCUT2D eigenvalue weighted by atomic mass is 9.96. The van der Waals surface area contributed by atoms with E-state index in [1.54, 1.807) is 0 Å². The predicted octanol–water partition coefficient (Wildman–Crippen LogP) is 3.27. The second-order valence-corrected chi connectivity index (χ2v) is 8.59. The number of nitrogens with one attached hydrogen (secondary N) is 1. The molecule has 1 fully saturated rings. The molecule has 7 nitrogen and oxygen atoms in total. The van der Waals surface area contributed by atoms with Crippen LogP contribution in [-0.2, 0) is 9.59 Å². The number of likely N-dealkylation sites (tertiary alicyclic amines) is 1.